The Kier molecular flexibility index (Phi) is 4.93. The van der Waals surface area contributed by atoms with Crippen LogP contribution in [0.3, 0.4) is 0 Å². The monoisotopic (exact) mass is 358 g/mol. The van der Waals surface area contributed by atoms with Gasteiger partial charge in [-0.3, -0.25) is 9.78 Å². The molecule has 1 fully saturated rings. The van der Waals surface area contributed by atoms with Crippen molar-refractivity contribution in [3.63, 3.8) is 0 Å². The number of rotatable bonds is 6. The topological polar surface area (TPSA) is 33.2 Å². The summed E-state index contributed by atoms with van der Waals surface area (Å²) in [7, 11) is 0. The number of benzene rings is 2. The number of nitrogens with zero attached hydrogens (tertiary/aromatic N) is 2. The SMILES string of the molecule is CC(C)c1ccc(CN(C(=O)Cc2cccc3cccnc23)C2CC2)cc1. The van der Waals surface area contributed by atoms with E-state index in [2.05, 4.69) is 48.0 Å². The van der Waals surface area contributed by atoms with Crippen molar-refractivity contribution in [2.75, 3.05) is 0 Å². The highest BCUT2D eigenvalue weighted by Crippen LogP contribution is 2.30. The van der Waals surface area contributed by atoms with Crippen molar-refractivity contribution in [1.29, 1.82) is 0 Å². The summed E-state index contributed by atoms with van der Waals surface area (Å²) in [5.41, 5.74) is 4.49. The van der Waals surface area contributed by atoms with Crippen LogP contribution < -0.4 is 0 Å². The van der Waals surface area contributed by atoms with Crippen LogP contribution in [0.1, 0.15) is 49.3 Å². The van der Waals surface area contributed by atoms with Gasteiger partial charge in [0.1, 0.15) is 0 Å². The van der Waals surface area contributed by atoms with Crippen molar-refractivity contribution in [2.45, 2.75) is 51.6 Å². The first-order valence-electron chi connectivity index (χ1n) is 9.83. The van der Waals surface area contributed by atoms with Crippen molar-refractivity contribution >= 4 is 16.8 Å². The van der Waals surface area contributed by atoms with E-state index >= 15 is 0 Å². The lowest BCUT2D eigenvalue weighted by molar-refractivity contribution is -0.131. The molecule has 1 heterocycles. The van der Waals surface area contributed by atoms with Crippen LogP contribution in [0.2, 0.25) is 0 Å². The predicted octanol–water partition coefficient (Wildman–Crippen LogP) is 5.09. The van der Waals surface area contributed by atoms with E-state index in [0.717, 1.165) is 29.3 Å². The summed E-state index contributed by atoms with van der Waals surface area (Å²) >= 11 is 0. The molecule has 2 aromatic carbocycles. The molecule has 1 aliphatic rings. The fourth-order valence-corrected chi connectivity index (χ4v) is 3.59. The van der Waals surface area contributed by atoms with Crippen LogP contribution in [0.15, 0.2) is 60.8 Å². The summed E-state index contributed by atoms with van der Waals surface area (Å²) in [5.74, 6) is 0.725. The smallest absolute Gasteiger partial charge is 0.227 e. The van der Waals surface area contributed by atoms with E-state index in [1.165, 1.54) is 11.1 Å². The molecular weight excluding hydrogens is 332 g/mol. The number of hydrogen-bond donors (Lipinski definition) is 0. The second-order valence-corrected chi connectivity index (χ2v) is 7.82. The predicted molar refractivity (Wildman–Crippen MR) is 110 cm³/mol. The minimum absolute atomic E-state index is 0.198. The standard InChI is InChI=1S/C24H26N2O/c1-17(2)19-10-8-18(9-11-19)16-26(22-12-13-22)23(27)15-21-6-3-5-20-7-4-14-25-24(20)21/h3-11,14,17,22H,12-13,15-16H2,1-2H3. The molecule has 3 aromatic rings. The summed E-state index contributed by atoms with van der Waals surface area (Å²) in [6.07, 6.45) is 4.44. The van der Waals surface area contributed by atoms with Crippen LogP contribution in [0.25, 0.3) is 10.9 Å². The van der Waals surface area contributed by atoms with Crippen molar-refractivity contribution in [1.82, 2.24) is 9.88 Å². The maximum absolute atomic E-state index is 13.1. The van der Waals surface area contributed by atoms with E-state index < -0.39 is 0 Å². The highest BCUT2D eigenvalue weighted by Gasteiger charge is 2.32. The second-order valence-electron chi connectivity index (χ2n) is 7.82. The lowest BCUT2D eigenvalue weighted by Gasteiger charge is -2.23. The highest BCUT2D eigenvalue weighted by atomic mass is 16.2. The van der Waals surface area contributed by atoms with E-state index in [9.17, 15) is 4.79 Å². The zero-order chi connectivity index (χ0) is 18.8. The first-order chi connectivity index (χ1) is 13.1. The summed E-state index contributed by atoms with van der Waals surface area (Å²) in [6, 6.07) is 19.2. The van der Waals surface area contributed by atoms with Gasteiger partial charge in [-0.25, -0.2) is 0 Å². The van der Waals surface area contributed by atoms with E-state index in [1.54, 1.807) is 6.20 Å². The molecule has 0 unspecified atom stereocenters. The average molecular weight is 358 g/mol. The Morgan fingerprint density at radius 2 is 1.81 bits per heavy atom. The van der Waals surface area contributed by atoms with Gasteiger partial charge in [0.15, 0.2) is 0 Å². The Hall–Kier alpha value is -2.68. The molecule has 1 aromatic heterocycles. The van der Waals surface area contributed by atoms with E-state index in [-0.39, 0.29) is 5.91 Å². The van der Waals surface area contributed by atoms with Gasteiger partial charge in [-0.05, 0) is 41.5 Å². The first-order valence-corrected chi connectivity index (χ1v) is 9.83. The first kappa shape index (κ1) is 17.7. The fourth-order valence-electron chi connectivity index (χ4n) is 3.59. The molecule has 0 N–H and O–H groups in total. The Labute approximate surface area is 161 Å². The van der Waals surface area contributed by atoms with Crippen LogP contribution >= 0.6 is 0 Å². The van der Waals surface area contributed by atoms with E-state index in [1.807, 2.05) is 30.3 Å². The molecular formula is C24H26N2O. The lowest BCUT2D eigenvalue weighted by atomic mass is 10.0. The number of pyridine rings is 1. The molecule has 0 atom stereocenters. The van der Waals surface area contributed by atoms with Crippen molar-refractivity contribution in [3.05, 3.63) is 77.5 Å². The Morgan fingerprint density at radius 3 is 2.52 bits per heavy atom. The minimum atomic E-state index is 0.198. The molecule has 1 amide bonds. The summed E-state index contributed by atoms with van der Waals surface area (Å²) < 4.78 is 0. The third-order valence-electron chi connectivity index (χ3n) is 5.37. The summed E-state index contributed by atoms with van der Waals surface area (Å²) in [6.45, 7) is 5.10. The summed E-state index contributed by atoms with van der Waals surface area (Å²) in [5, 5.41) is 1.09. The number of carbonyl (C=O) groups is 1. The third-order valence-corrected chi connectivity index (χ3v) is 5.37. The molecule has 1 saturated carbocycles. The van der Waals surface area contributed by atoms with Crippen LogP contribution in [-0.2, 0) is 17.8 Å². The second kappa shape index (κ2) is 7.51. The molecule has 0 spiro atoms. The average Bonchev–Trinajstić information content (AvgIpc) is 3.52. The molecule has 0 aliphatic heterocycles. The molecule has 27 heavy (non-hydrogen) atoms. The van der Waals surface area contributed by atoms with E-state index in [0.29, 0.717) is 24.9 Å². The number of hydrogen-bond acceptors (Lipinski definition) is 2. The van der Waals surface area contributed by atoms with Gasteiger partial charge in [0.05, 0.1) is 11.9 Å². The van der Waals surface area contributed by atoms with Crippen LogP contribution in [0, 0.1) is 0 Å². The number of fused-ring (bicyclic) bond motifs is 1. The number of para-hydroxylation sites is 1. The van der Waals surface area contributed by atoms with Gasteiger partial charge in [0.2, 0.25) is 5.91 Å². The molecule has 0 bridgehead atoms. The number of aromatic nitrogens is 1. The van der Waals surface area contributed by atoms with Gasteiger partial charge in [-0.15, -0.1) is 0 Å². The molecule has 138 valence electrons. The maximum Gasteiger partial charge on any atom is 0.227 e. The minimum Gasteiger partial charge on any atom is -0.335 e. The Balaban J connectivity index is 1.52. The van der Waals surface area contributed by atoms with Crippen LogP contribution in [0.4, 0.5) is 0 Å². The Bertz CT molecular complexity index is 937. The van der Waals surface area contributed by atoms with Crippen molar-refractivity contribution in [2.24, 2.45) is 0 Å². The van der Waals surface area contributed by atoms with Crippen molar-refractivity contribution in [3.8, 4) is 0 Å². The zero-order valence-corrected chi connectivity index (χ0v) is 16.1. The lowest BCUT2D eigenvalue weighted by Crippen LogP contribution is -2.33. The van der Waals surface area contributed by atoms with Gasteiger partial charge in [0.25, 0.3) is 0 Å². The number of carbonyl (C=O) groups excluding carboxylic acids is 1. The van der Waals surface area contributed by atoms with Gasteiger partial charge >= 0.3 is 0 Å². The largest absolute Gasteiger partial charge is 0.335 e. The molecule has 3 heteroatoms. The van der Waals surface area contributed by atoms with Gasteiger partial charge < -0.3 is 4.90 Å². The molecule has 3 nitrogen and oxygen atoms in total. The third kappa shape index (κ3) is 4.02. The normalized spacial score (nSPS) is 13.9. The van der Waals surface area contributed by atoms with Crippen LogP contribution in [0.5, 0.6) is 0 Å². The van der Waals surface area contributed by atoms with E-state index in [4.69, 9.17) is 0 Å². The van der Waals surface area contributed by atoms with Crippen molar-refractivity contribution < 1.29 is 4.79 Å². The van der Waals surface area contributed by atoms with Gasteiger partial charge in [-0.1, -0.05) is 62.4 Å². The highest BCUT2D eigenvalue weighted by molar-refractivity contribution is 5.87. The zero-order valence-electron chi connectivity index (χ0n) is 16.1. The van der Waals surface area contributed by atoms with Crippen LogP contribution in [-0.4, -0.2) is 21.8 Å². The molecule has 1 aliphatic carbocycles. The van der Waals surface area contributed by atoms with Gasteiger partial charge in [-0.2, -0.15) is 0 Å². The molecule has 4 rings (SSSR count). The maximum atomic E-state index is 13.1. The summed E-state index contributed by atoms with van der Waals surface area (Å²) in [4.78, 5) is 19.7. The molecule has 0 saturated heterocycles. The fraction of sp³-hybridized carbons (Fsp3) is 0.333. The van der Waals surface area contributed by atoms with Gasteiger partial charge in [0, 0.05) is 24.2 Å². The molecule has 0 radical (unpaired) electrons. The quantitative estimate of drug-likeness (QED) is 0.615. The Morgan fingerprint density at radius 1 is 1.07 bits per heavy atom. The number of amides is 1.